The molecule has 2 aromatic carbocycles. The van der Waals surface area contributed by atoms with Crippen LogP contribution >= 0.6 is 12.2 Å². The van der Waals surface area contributed by atoms with Gasteiger partial charge in [0.25, 0.3) is 11.8 Å². The molecule has 0 bridgehead atoms. The minimum Gasteiger partial charge on any atom is -0.483 e. The van der Waals surface area contributed by atoms with Gasteiger partial charge in [-0.3, -0.25) is 25.8 Å². The fraction of sp³-hybridized carbons (Fsp3) is 0.250. The highest BCUT2D eigenvalue weighted by Gasteiger charge is 2.12. The molecule has 7 heteroatoms. The summed E-state index contributed by atoms with van der Waals surface area (Å²) >= 11 is 5.00. The molecule has 142 valence electrons. The molecule has 0 radical (unpaired) electrons. The van der Waals surface area contributed by atoms with Crippen LogP contribution in [0.25, 0.3) is 0 Å². The summed E-state index contributed by atoms with van der Waals surface area (Å²) in [5, 5.41) is 2.48. The second kappa shape index (κ2) is 10.3. The molecule has 2 rings (SSSR count). The normalized spacial score (nSPS) is 11.2. The summed E-state index contributed by atoms with van der Waals surface area (Å²) < 4.78 is 5.62. The third kappa shape index (κ3) is 6.38. The number of hydrogen-bond donors (Lipinski definition) is 3. The first-order valence-electron chi connectivity index (χ1n) is 8.68. The monoisotopic (exact) mass is 385 g/mol. The SMILES string of the molecule is CCC(C)c1ccccc1OCC(=O)NNC(=S)NC(=O)c1ccccc1. The fourth-order valence-electron chi connectivity index (χ4n) is 2.34. The zero-order chi connectivity index (χ0) is 19.6. The van der Waals surface area contributed by atoms with E-state index in [4.69, 9.17) is 17.0 Å². The first-order chi connectivity index (χ1) is 13.0. The van der Waals surface area contributed by atoms with Crippen LogP contribution in [-0.2, 0) is 4.79 Å². The molecule has 0 aromatic heterocycles. The lowest BCUT2D eigenvalue weighted by Crippen LogP contribution is -2.49. The number of amides is 2. The van der Waals surface area contributed by atoms with Crippen LogP contribution in [-0.4, -0.2) is 23.5 Å². The van der Waals surface area contributed by atoms with Crippen molar-refractivity contribution in [1.29, 1.82) is 0 Å². The van der Waals surface area contributed by atoms with E-state index in [9.17, 15) is 9.59 Å². The number of ether oxygens (including phenoxy) is 1. The van der Waals surface area contributed by atoms with Crippen molar-refractivity contribution in [3.05, 3.63) is 65.7 Å². The van der Waals surface area contributed by atoms with Crippen molar-refractivity contribution in [2.75, 3.05) is 6.61 Å². The molecule has 0 aliphatic carbocycles. The number of hydrogen-bond acceptors (Lipinski definition) is 4. The number of para-hydroxylation sites is 1. The Morgan fingerprint density at radius 3 is 2.41 bits per heavy atom. The van der Waals surface area contributed by atoms with Crippen molar-refractivity contribution < 1.29 is 14.3 Å². The molecule has 2 aromatic rings. The lowest BCUT2D eigenvalue weighted by Gasteiger charge is -2.16. The van der Waals surface area contributed by atoms with E-state index in [2.05, 4.69) is 30.0 Å². The molecule has 0 fully saturated rings. The van der Waals surface area contributed by atoms with E-state index in [1.807, 2.05) is 30.3 Å². The molecule has 2 amide bonds. The highest BCUT2D eigenvalue weighted by atomic mass is 32.1. The van der Waals surface area contributed by atoms with Gasteiger partial charge in [-0.2, -0.15) is 0 Å². The molecule has 6 nitrogen and oxygen atoms in total. The molecule has 0 saturated heterocycles. The number of carbonyl (C=O) groups is 2. The minimum absolute atomic E-state index is 0.00258. The van der Waals surface area contributed by atoms with Crippen molar-refractivity contribution in [2.45, 2.75) is 26.2 Å². The number of benzene rings is 2. The highest BCUT2D eigenvalue weighted by molar-refractivity contribution is 7.80. The van der Waals surface area contributed by atoms with Crippen LogP contribution in [0.4, 0.5) is 0 Å². The van der Waals surface area contributed by atoms with Gasteiger partial charge in [-0.25, -0.2) is 0 Å². The van der Waals surface area contributed by atoms with E-state index in [1.54, 1.807) is 24.3 Å². The van der Waals surface area contributed by atoms with Gasteiger partial charge in [0.05, 0.1) is 0 Å². The topological polar surface area (TPSA) is 79.5 Å². The van der Waals surface area contributed by atoms with Gasteiger partial charge < -0.3 is 4.74 Å². The van der Waals surface area contributed by atoms with E-state index in [-0.39, 0.29) is 17.6 Å². The smallest absolute Gasteiger partial charge is 0.276 e. The molecule has 0 aliphatic rings. The maximum Gasteiger partial charge on any atom is 0.276 e. The van der Waals surface area contributed by atoms with Crippen LogP contribution in [0, 0.1) is 0 Å². The summed E-state index contributed by atoms with van der Waals surface area (Å²) in [6, 6.07) is 16.3. The summed E-state index contributed by atoms with van der Waals surface area (Å²) in [6.07, 6.45) is 0.976. The quantitative estimate of drug-likeness (QED) is 0.526. The number of carbonyl (C=O) groups excluding carboxylic acids is 2. The highest BCUT2D eigenvalue weighted by Crippen LogP contribution is 2.28. The van der Waals surface area contributed by atoms with Gasteiger partial charge in [0.15, 0.2) is 11.7 Å². The van der Waals surface area contributed by atoms with Crippen LogP contribution in [0.2, 0.25) is 0 Å². The van der Waals surface area contributed by atoms with E-state index in [0.717, 1.165) is 12.0 Å². The van der Waals surface area contributed by atoms with Crippen LogP contribution in [0.3, 0.4) is 0 Å². The van der Waals surface area contributed by atoms with E-state index in [0.29, 0.717) is 17.2 Å². The molecule has 0 spiro atoms. The summed E-state index contributed by atoms with van der Waals surface area (Å²) in [5.41, 5.74) is 6.42. The van der Waals surface area contributed by atoms with Gasteiger partial charge in [-0.15, -0.1) is 0 Å². The van der Waals surface area contributed by atoms with Gasteiger partial charge in [-0.05, 0) is 48.3 Å². The molecule has 1 atom stereocenters. The first-order valence-corrected chi connectivity index (χ1v) is 9.09. The Hall–Kier alpha value is -2.93. The maximum absolute atomic E-state index is 12.0. The van der Waals surface area contributed by atoms with Crippen LogP contribution in [0.15, 0.2) is 54.6 Å². The van der Waals surface area contributed by atoms with Crippen LogP contribution in [0.5, 0.6) is 5.75 Å². The number of hydrazine groups is 1. The molecule has 0 aliphatic heterocycles. The number of thiocarbonyl (C=S) groups is 1. The Bertz CT molecular complexity index is 796. The number of rotatable bonds is 6. The van der Waals surface area contributed by atoms with Gasteiger partial charge in [-0.1, -0.05) is 50.2 Å². The lowest BCUT2D eigenvalue weighted by molar-refractivity contribution is -0.123. The van der Waals surface area contributed by atoms with Crippen LogP contribution < -0.4 is 20.9 Å². The zero-order valence-electron chi connectivity index (χ0n) is 15.3. The largest absolute Gasteiger partial charge is 0.483 e. The van der Waals surface area contributed by atoms with Crippen molar-refractivity contribution >= 4 is 29.1 Å². The molecule has 3 N–H and O–H groups in total. The maximum atomic E-state index is 12.0. The molecular weight excluding hydrogens is 362 g/mol. The Labute approximate surface area is 164 Å². The van der Waals surface area contributed by atoms with E-state index in [1.165, 1.54) is 0 Å². The first kappa shape index (κ1) is 20.4. The van der Waals surface area contributed by atoms with E-state index >= 15 is 0 Å². The predicted octanol–water partition coefficient (Wildman–Crippen LogP) is 2.91. The minimum atomic E-state index is -0.412. The number of nitrogens with one attached hydrogen (secondary N) is 3. The fourth-order valence-corrected chi connectivity index (χ4v) is 2.48. The molecule has 1 unspecified atom stereocenters. The average Bonchev–Trinajstić information content (AvgIpc) is 2.71. The van der Waals surface area contributed by atoms with Crippen molar-refractivity contribution in [3.63, 3.8) is 0 Å². The Morgan fingerprint density at radius 2 is 1.70 bits per heavy atom. The van der Waals surface area contributed by atoms with Gasteiger partial charge in [0.2, 0.25) is 0 Å². The zero-order valence-corrected chi connectivity index (χ0v) is 16.1. The Balaban J connectivity index is 1.78. The molecule has 27 heavy (non-hydrogen) atoms. The Kier molecular flexibility index (Phi) is 7.76. The van der Waals surface area contributed by atoms with Crippen LogP contribution in [0.1, 0.15) is 42.1 Å². The summed E-state index contributed by atoms with van der Waals surface area (Å²) in [6.45, 7) is 4.04. The van der Waals surface area contributed by atoms with Gasteiger partial charge in [0, 0.05) is 5.56 Å². The van der Waals surface area contributed by atoms with Crippen molar-refractivity contribution in [1.82, 2.24) is 16.2 Å². The standard InChI is InChI=1S/C20H23N3O3S/c1-3-14(2)16-11-7-8-12-17(16)26-13-18(24)22-23-20(27)21-19(25)15-9-5-4-6-10-15/h4-12,14H,3,13H2,1-2H3,(H,22,24)(H2,21,23,25,27). The van der Waals surface area contributed by atoms with Gasteiger partial charge >= 0.3 is 0 Å². The lowest BCUT2D eigenvalue weighted by atomic mass is 9.98. The van der Waals surface area contributed by atoms with Crippen molar-refractivity contribution in [2.24, 2.45) is 0 Å². The molecular formula is C20H23N3O3S. The van der Waals surface area contributed by atoms with Gasteiger partial charge in [0.1, 0.15) is 5.75 Å². The summed E-state index contributed by atoms with van der Waals surface area (Å²) in [7, 11) is 0. The molecule has 0 heterocycles. The summed E-state index contributed by atoms with van der Waals surface area (Å²) in [5.74, 6) is 0.247. The predicted molar refractivity (Wildman–Crippen MR) is 108 cm³/mol. The second-order valence-corrected chi connectivity index (χ2v) is 6.37. The van der Waals surface area contributed by atoms with E-state index < -0.39 is 5.91 Å². The summed E-state index contributed by atoms with van der Waals surface area (Å²) in [4.78, 5) is 23.9. The van der Waals surface area contributed by atoms with Crippen molar-refractivity contribution in [3.8, 4) is 5.75 Å². The third-order valence-corrected chi connectivity index (χ3v) is 4.20. The average molecular weight is 385 g/mol. The second-order valence-electron chi connectivity index (χ2n) is 5.96. The third-order valence-electron chi connectivity index (χ3n) is 4.00. The Morgan fingerprint density at radius 1 is 1.04 bits per heavy atom. The molecule has 0 saturated carbocycles.